The lowest BCUT2D eigenvalue weighted by molar-refractivity contribution is -0.129. The van der Waals surface area contributed by atoms with Crippen LogP contribution in [0.2, 0.25) is 0 Å². The molecule has 2 aromatic carbocycles. The summed E-state index contributed by atoms with van der Waals surface area (Å²) in [4.78, 5) is 29.0. The van der Waals surface area contributed by atoms with Crippen molar-refractivity contribution in [3.8, 4) is 5.75 Å². The summed E-state index contributed by atoms with van der Waals surface area (Å²) in [6, 6.07) is 16.1. The van der Waals surface area contributed by atoms with E-state index in [0.717, 1.165) is 16.9 Å². The summed E-state index contributed by atoms with van der Waals surface area (Å²) in [5.74, 6) is 0.477. The fourth-order valence-corrected chi connectivity index (χ4v) is 3.78. The normalized spacial score (nSPS) is 17.3. The molecule has 1 aliphatic heterocycles. The minimum absolute atomic E-state index is 0.0371. The molecule has 1 N–H and O–H groups in total. The highest BCUT2D eigenvalue weighted by Crippen LogP contribution is 2.23. The molecule has 6 nitrogen and oxygen atoms in total. The monoisotopic (exact) mass is 409 g/mol. The van der Waals surface area contributed by atoms with Crippen LogP contribution in [0, 0.1) is 12.8 Å². The first-order valence-corrected chi connectivity index (χ1v) is 10.3. The molecule has 3 rings (SSSR count). The molecule has 2 atom stereocenters. The van der Waals surface area contributed by atoms with Crippen LogP contribution in [0.3, 0.4) is 0 Å². The van der Waals surface area contributed by atoms with Crippen LogP contribution in [0.4, 0.5) is 0 Å². The van der Waals surface area contributed by atoms with Crippen LogP contribution >= 0.6 is 0 Å². The molecule has 1 fully saturated rings. The molecule has 6 heteroatoms. The highest BCUT2D eigenvalue weighted by molar-refractivity contribution is 5.89. The predicted molar refractivity (Wildman–Crippen MR) is 117 cm³/mol. The number of carbonyl (C=O) groups excluding carboxylic acids is 2. The molecule has 2 aromatic rings. The minimum atomic E-state index is -0.304. The number of hydrogen-bond acceptors (Lipinski definition) is 4. The predicted octanol–water partition coefficient (Wildman–Crippen LogP) is 2.77. The van der Waals surface area contributed by atoms with E-state index in [-0.39, 0.29) is 30.2 Å². The van der Waals surface area contributed by atoms with Crippen molar-refractivity contribution in [1.82, 2.24) is 15.1 Å². The van der Waals surface area contributed by atoms with Crippen molar-refractivity contribution in [1.29, 1.82) is 0 Å². The Hall–Kier alpha value is -2.86. The number of likely N-dealkylation sites (tertiary alicyclic amines) is 1. The Kier molecular flexibility index (Phi) is 7.11. The summed E-state index contributed by atoms with van der Waals surface area (Å²) in [5.41, 5.74) is 3.38. The van der Waals surface area contributed by atoms with E-state index in [0.29, 0.717) is 19.6 Å². The largest absolute Gasteiger partial charge is 0.497 e. The van der Waals surface area contributed by atoms with Crippen molar-refractivity contribution in [2.24, 2.45) is 5.92 Å². The smallest absolute Gasteiger partial charge is 0.225 e. The van der Waals surface area contributed by atoms with E-state index < -0.39 is 0 Å². The van der Waals surface area contributed by atoms with E-state index in [2.05, 4.69) is 10.2 Å². The van der Waals surface area contributed by atoms with Gasteiger partial charge in [-0.3, -0.25) is 9.59 Å². The number of ether oxygens (including phenoxy) is 1. The average Bonchev–Trinajstić information content (AvgIpc) is 3.10. The van der Waals surface area contributed by atoms with Gasteiger partial charge in [0.15, 0.2) is 0 Å². The first-order valence-electron chi connectivity index (χ1n) is 10.3. The molecular weight excluding hydrogens is 378 g/mol. The number of carbonyl (C=O) groups is 2. The fraction of sp³-hybridized carbons (Fsp3) is 0.417. The van der Waals surface area contributed by atoms with Crippen LogP contribution in [-0.4, -0.2) is 55.9 Å². The van der Waals surface area contributed by atoms with Crippen LogP contribution in [0.5, 0.6) is 5.75 Å². The van der Waals surface area contributed by atoms with Crippen molar-refractivity contribution >= 4 is 11.8 Å². The second-order valence-corrected chi connectivity index (χ2v) is 8.16. The molecule has 0 saturated carbocycles. The topological polar surface area (TPSA) is 61.9 Å². The van der Waals surface area contributed by atoms with Gasteiger partial charge in [0.2, 0.25) is 11.8 Å². The number of benzene rings is 2. The Bertz CT molecular complexity index is 862. The van der Waals surface area contributed by atoms with Crippen LogP contribution in [-0.2, 0) is 16.1 Å². The Morgan fingerprint density at radius 3 is 2.43 bits per heavy atom. The van der Waals surface area contributed by atoms with Crippen molar-refractivity contribution < 1.29 is 14.3 Å². The van der Waals surface area contributed by atoms with Gasteiger partial charge in [0.25, 0.3) is 0 Å². The third-order valence-electron chi connectivity index (χ3n) is 5.67. The summed E-state index contributed by atoms with van der Waals surface area (Å²) in [6.45, 7) is 3.54. The van der Waals surface area contributed by atoms with E-state index in [1.54, 1.807) is 12.0 Å². The van der Waals surface area contributed by atoms with E-state index >= 15 is 0 Å². The number of methoxy groups -OCH3 is 1. The summed E-state index contributed by atoms with van der Waals surface area (Å²) in [5, 5.41) is 3.05. The summed E-state index contributed by atoms with van der Waals surface area (Å²) < 4.78 is 5.22. The van der Waals surface area contributed by atoms with Gasteiger partial charge in [0.05, 0.1) is 19.1 Å². The van der Waals surface area contributed by atoms with Crippen LogP contribution in [0.25, 0.3) is 0 Å². The molecule has 1 aliphatic rings. The van der Waals surface area contributed by atoms with Gasteiger partial charge in [-0.25, -0.2) is 0 Å². The maximum Gasteiger partial charge on any atom is 0.225 e. The lowest BCUT2D eigenvalue weighted by atomic mass is 10.0. The number of hydrogen-bond donors (Lipinski definition) is 1. The van der Waals surface area contributed by atoms with E-state index in [1.165, 1.54) is 5.56 Å². The average molecular weight is 410 g/mol. The van der Waals surface area contributed by atoms with Crippen LogP contribution in [0.1, 0.15) is 29.2 Å². The molecule has 0 bridgehead atoms. The lowest BCUT2D eigenvalue weighted by Gasteiger charge is -2.26. The van der Waals surface area contributed by atoms with Gasteiger partial charge >= 0.3 is 0 Å². The third-order valence-corrected chi connectivity index (χ3v) is 5.67. The molecule has 0 aliphatic carbocycles. The van der Waals surface area contributed by atoms with Gasteiger partial charge in [0, 0.05) is 26.1 Å². The molecule has 0 aromatic heterocycles. The zero-order valence-electron chi connectivity index (χ0n) is 18.2. The summed E-state index contributed by atoms with van der Waals surface area (Å²) in [6.07, 6.45) is 0.271. The second kappa shape index (κ2) is 9.76. The lowest BCUT2D eigenvalue weighted by Crippen LogP contribution is -2.38. The zero-order chi connectivity index (χ0) is 21.7. The fourth-order valence-electron chi connectivity index (χ4n) is 3.78. The molecule has 0 radical (unpaired) electrons. The van der Waals surface area contributed by atoms with E-state index in [9.17, 15) is 9.59 Å². The van der Waals surface area contributed by atoms with Crippen LogP contribution in [0.15, 0.2) is 48.5 Å². The van der Waals surface area contributed by atoms with Gasteiger partial charge in [0.1, 0.15) is 5.75 Å². The maximum absolute atomic E-state index is 12.8. The zero-order valence-corrected chi connectivity index (χ0v) is 18.2. The van der Waals surface area contributed by atoms with Gasteiger partial charge in [-0.1, -0.05) is 42.0 Å². The number of nitrogens with one attached hydrogen (secondary N) is 1. The van der Waals surface area contributed by atoms with E-state index in [1.807, 2.05) is 69.6 Å². The van der Waals surface area contributed by atoms with Gasteiger partial charge < -0.3 is 19.9 Å². The quantitative estimate of drug-likeness (QED) is 0.728. The Morgan fingerprint density at radius 1 is 1.17 bits per heavy atom. The van der Waals surface area contributed by atoms with Gasteiger partial charge in [-0.2, -0.15) is 0 Å². The molecule has 0 spiro atoms. The molecule has 30 heavy (non-hydrogen) atoms. The molecule has 1 heterocycles. The Balaban J connectivity index is 1.56. The molecule has 1 saturated heterocycles. The summed E-state index contributed by atoms with van der Waals surface area (Å²) in [7, 11) is 5.62. The second-order valence-electron chi connectivity index (χ2n) is 8.16. The van der Waals surface area contributed by atoms with Crippen molar-refractivity contribution in [3.05, 3.63) is 65.2 Å². The number of nitrogens with zero attached hydrogens (tertiary/aromatic N) is 2. The maximum atomic E-state index is 12.8. The SMILES string of the molecule is COc1ccc([C@H](CNC(=O)[C@@H]2CC(=O)N(Cc3ccc(C)cc3)C2)N(C)C)cc1. The number of aryl methyl sites for hydroxylation is 1. The minimum Gasteiger partial charge on any atom is -0.497 e. The van der Waals surface area contributed by atoms with Crippen molar-refractivity contribution in [2.45, 2.75) is 25.9 Å². The third kappa shape index (κ3) is 5.39. The van der Waals surface area contributed by atoms with Crippen molar-refractivity contribution in [2.75, 3.05) is 34.3 Å². The first kappa shape index (κ1) is 21.8. The Morgan fingerprint density at radius 2 is 1.83 bits per heavy atom. The van der Waals surface area contributed by atoms with E-state index in [4.69, 9.17) is 4.74 Å². The Labute approximate surface area is 178 Å². The van der Waals surface area contributed by atoms with Gasteiger partial charge in [-0.15, -0.1) is 0 Å². The molecule has 2 amide bonds. The number of amides is 2. The molecule has 160 valence electrons. The standard InChI is InChI=1S/C24H31N3O3/c1-17-5-7-18(8-6-17)15-27-16-20(13-23(27)28)24(29)25-14-22(26(2)3)19-9-11-21(30-4)12-10-19/h5-12,20,22H,13-16H2,1-4H3,(H,25,29)/t20-,22+/m1/s1. The van der Waals surface area contributed by atoms with Crippen LogP contribution < -0.4 is 10.1 Å². The highest BCUT2D eigenvalue weighted by Gasteiger charge is 2.34. The number of likely N-dealkylation sites (N-methyl/N-ethyl adjacent to an activating group) is 1. The highest BCUT2D eigenvalue weighted by atomic mass is 16.5. The number of rotatable bonds is 8. The molecular formula is C24H31N3O3. The van der Waals surface area contributed by atoms with Gasteiger partial charge in [-0.05, 0) is 44.3 Å². The van der Waals surface area contributed by atoms with Crippen molar-refractivity contribution in [3.63, 3.8) is 0 Å². The first-order chi connectivity index (χ1) is 14.4. The summed E-state index contributed by atoms with van der Waals surface area (Å²) >= 11 is 0. The molecule has 0 unspecified atom stereocenters.